The number of ketones is 1. The molecule has 3 nitrogen and oxygen atoms in total. The van der Waals surface area contributed by atoms with Gasteiger partial charge in [0, 0.05) is 14.5 Å². The van der Waals surface area contributed by atoms with Crippen molar-refractivity contribution in [2.24, 2.45) is 0 Å². The van der Waals surface area contributed by atoms with Gasteiger partial charge < -0.3 is 5.11 Å². The SMILES string of the molecule is CC(=O)c1cc(Br)c2c(c1)CCC2.O=C(O)c1cc(Br)c2c(c1)CCC2. The highest BCUT2D eigenvalue weighted by atomic mass is 79.9. The summed E-state index contributed by atoms with van der Waals surface area (Å²) in [6.07, 6.45) is 6.69. The number of hydrogen-bond donors (Lipinski definition) is 1. The maximum Gasteiger partial charge on any atom is 0.335 e. The van der Waals surface area contributed by atoms with Gasteiger partial charge in [-0.3, -0.25) is 4.79 Å². The van der Waals surface area contributed by atoms with Crippen LogP contribution < -0.4 is 0 Å². The van der Waals surface area contributed by atoms with Gasteiger partial charge >= 0.3 is 5.97 Å². The molecule has 2 aromatic carbocycles. The number of aromatic carboxylic acids is 1. The van der Waals surface area contributed by atoms with Crippen LogP contribution in [0.15, 0.2) is 33.2 Å². The molecule has 1 N–H and O–H groups in total. The van der Waals surface area contributed by atoms with Crippen molar-refractivity contribution in [2.75, 3.05) is 0 Å². The summed E-state index contributed by atoms with van der Waals surface area (Å²) in [4.78, 5) is 21.9. The molecule has 0 aliphatic heterocycles. The molecule has 0 amide bonds. The van der Waals surface area contributed by atoms with E-state index in [4.69, 9.17) is 5.11 Å². The van der Waals surface area contributed by atoms with Crippen LogP contribution in [0.5, 0.6) is 0 Å². The van der Waals surface area contributed by atoms with E-state index in [0.717, 1.165) is 46.6 Å². The van der Waals surface area contributed by atoms with Crippen molar-refractivity contribution in [1.82, 2.24) is 0 Å². The number of carbonyl (C=O) groups excluding carboxylic acids is 1. The zero-order chi connectivity index (χ0) is 18.8. The minimum atomic E-state index is -0.851. The van der Waals surface area contributed by atoms with Crippen LogP contribution in [0.4, 0.5) is 0 Å². The first kappa shape index (κ1) is 19.3. The predicted molar refractivity (Wildman–Crippen MR) is 109 cm³/mol. The van der Waals surface area contributed by atoms with Crippen LogP contribution in [-0.2, 0) is 25.7 Å². The Morgan fingerprint density at radius 1 is 0.808 bits per heavy atom. The number of carboxylic acids is 1. The number of hydrogen-bond acceptors (Lipinski definition) is 2. The number of Topliss-reactive ketones (excluding diaryl/α,β-unsaturated/α-hetero) is 1. The van der Waals surface area contributed by atoms with Gasteiger partial charge in [-0.15, -0.1) is 0 Å². The van der Waals surface area contributed by atoms with Crippen molar-refractivity contribution < 1.29 is 14.7 Å². The number of carbonyl (C=O) groups is 2. The molecule has 0 radical (unpaired) electrons. The number of benzene rings is 2. The molecule has 0 spiro atoms. The molecule has 2 aliphatic rings. The Morgan fingerprint density at radius 3 is 1.73 bits per heavy atom. The number of fused-ring (bicyclic) bond motifs is 2. The van der Waals surface area contributed by atoms with Crippen molar-refractivity contribution in [3.8, 4) is 0 Å². The quantitative estimate of drug-likeness (QED) is 0.555. The maximum atomic E-state index is 11.2. The van der Waals surface area contributed by atoms with Crippen LogP contribution in [-0.4, -0.2) is 16.9 Å². The Labute approximate surface area is 170 Å². The zero-order valence-corrected chi connectivity index (χ0v) is 17.7. The van der Waals surface area contributed by atoms with E-state index in [0.29, 0.717) is 5.56 Å². The Kier molecular flexibility index (Phi) is 5.98. The Hall–Kier alpha value is -1.46. The molecular weight excluding hydrogens is 460 g/mol. The highest BCUT2D eigenvalue weighted by Gasteiger charge is 2.17. The Morgan fingerprint density at radius 2 is 1.27 bits per heavy atom. The number of aryl methyl sites for hydroxylation is 2. The lowest BCUT2D eigenvalue weighted by atomic mass is 10.0. The summed E-state index contributed by atoms with van der Waals surface area (Å²) >= 11 is 6.92. The summed E-state index contributed by atoms with van der Waals surface area (Å²) in [6.45, 7) is 1.61. The molecule has 0 saturated carbocycles. The summed E-state index contributed by atoms with van der Waals surface area (Å²) < 4.78 is 2.05. The molecule has 2 aliphatic carbocycles. The summed E-state index contributed by atoms with van der Waals surface area (Å²) in [6, 6.07) is 7.45. The van der Waals surface area contributed by atoms with Gasteiger partial charge in [0.25, 0.3) is 0 Å². The van der Waals surface area contributed by atoms with Gasteiger partial charge in [-0.1, -0.05) is 31.9 Å². The van der Waals surface area contributed by atoms with E-state index in [1.165, 1.54) is 28.7 Å². The van der Waals surface area contributed by atoms with E-state index in [2.05, 4.69) is 31.9 Å². The highest BCUT2D eigenvalue weighted by molar-refractivity contribution is 9.10. The van der Waals surface area contributed by atoms with Crippen molar-refractivity contribution in [3.63, 3.8) is 0 Å². The minimum Gasteiger partial charge on any atom is -0.478 e. The number of halogens is 2. The Balaban J connectivity index is 0.000000151. The van der Waals surface area contributed by atoms with E-state index in [-0.39, 0.29) is 5.78 Å². The first-order valence-corrected chi connectivity index (χ1v) is 10.3. The smallest absolute Gasteiger partial charge is 0.335 e. The molecule has 0 unspecified atom stereocenters. The lowest BCUT2D eigenvalue weighted by molar-refractivity contribution is 0.0696. The summed E-state index contributed by atoms with van der Waals surface area (Å²) in [5.41, 5.74) is 6.42. The topological polar surface area (TPSA) is 54.4 Å². The fourth-order valence-corrected chi connectivity index (χ4v) is 5.03. The molecule has 0 aromatic heterocycles. The summed E-state index contributed by atoms with van der Waals surface area (Å²) in [5, 5.41) is 8.82. The van der Waals surface area contributed by atoms with E-state index < -0.39 is 5.97 Å². The number of rotatable bonds is 2. The third kappa shape index (κ3) is 4.09. The minimum absolute atomic E-state index is 0.149. The first-order valence-electron chi connectivity index (χ1n) is 8.73. The van der Waals surface area contributed by atoms with E-state index >= 15 is 0 Å². The van der Waals surface area contributed by atoms with Crippen LogP contribution >= 0.6 is 31.9 Å². The second-order valence-electron chi connectivity index (χ2n) is 6.76. The monoisotopic (exact) mass is 478 g/mol. The predicted octanol–water partition coefficient (Wildman–Crippen LogP) is 5.78. The van der Waals surface area contributed by atoms with E-state index in [1.807, 2.05) is 12.1 Å². The molecule has 5 heteroatoms. The van der Waals surface area contributed by atoms with Gasteiger partial charge in [0.05, 0.1) is 5.56 Å². The van der Waals surface area contributed by atoms with Crippen LogP contribution in [0.1, 0.15) is 62.7 Å². The van der Waals surface area contributed by atoms with Gasteiger partial charge in [-0.25, -0.2) is 4.79 Å². The van der Waals surface area contributed by atoms with Crippen LogP contribution in [0.25, 0.3) is 0 Å². The third-order valence-electron chi connectivity index (χ3n) is 4.97. The molecule has 2 aromatic rings. The molecule has 0 saturated heterocycles. The maximum absolute atomic E-state index is 11.2. The van der Waals surface area contributed by atoms with Gasteiger partial charge in [0.15, 0.2) is 5.78 Å². The van der Waals surface area contributed by atoms with Gasteiger partial charge in [-0.05, 0) is 92.0 Å². The molecule has 136 valence electrons. The second-order valence-corrected chi connectivity index (χ2v) is 8.47. The lowest BCUT2D eigenvalue weighted by Gasteiger charge is -2.04. The summed E-state index contributed by atoms with van der Waals surface area (Å²) in [7, 11) is 0. The Bertz CT molecular complexity index is 814. The molecule has 26 heavy (non-hydrogen) atoms. The summed E-state index contributed by atoms with van der Waals surface area (Å²) in [5.74, 6) is -0.703. The average Bonchev–Trinajstić information content (AvgIpc) is 3.24. The third-order valence-corrected chi connectivity index (χ3v) is 6.39. The van der Waals surface area contributed by atoms with Gasteiger partial charge in [0.2, 0.25) is 0 Å². The molecular formula is C21H20Br2O3. The molecule has 0 atom stereocenters. The van der Waals surface area contributed by atoms with Crippen LogP contribution in [0, 0.1) is 0 Å². The van der Waals surface area contributed by atoms with Crippen molar-refractivity contribution >= 4 is 43.6 Å². The van der Waals surface area contributed by atoms with E-state index in [9.17, 15) is 9.59 Å². The largest absolute Gasteiger partial charge is 0.478 e. The second kappa shape index (κ2) is 8.05. The average molecular weight is 480 g/mol. The standard InChI is InChI=1S/C11H11BrO.C10H9BrO2/c1-7(13)9-5-8-3-2-4-10(8)11(12)6-9;11-9-5-7(10(12)13)4-6-2-1-3-8(6)9/h5-6H,2-4H2,1H3;4-5H,1-3H2,(H,12,13). The molecule has 4 rings (SSSR count). The van der Waals surface area contributed by atoms with Crippen LogP contribution in [0.3, 0.4) is 0 Å². The molecule has 0 fully saturated rings. The molecule has 0 heterocycles. The van der Waals surface area contributed by atoms with Crippen molar-refractivity contribution in [2.45, 2.75) is 45.4 Å². The van der Waals surface area contributed by atoms with Crippen LogP contribution in [0.2, 0.25) is 0 Å². The first-order chi connectivity index (χ1) is 12.4. The van der Waals surface area contributed by atoms with Crippen molar-refractivity contribution in [1.29, 1.82) is 0 Å². The number of carboxylic acid groups (broad SMARTS) is 1. The van der Waals surface area contributed by atoms with E-state index in [1.54, 1.807) is 19.1 Å². The lowest BCUT2D eigenvalue weighted by Crippen LogP contribution is -1.98. The molecule has 0 bridgehead atoms. The fraction of sp³-hybridized carbons (Fsp3) is 0.333. The highest BCUT2D eigenvalue weighted by Crippen LogP contribution is 2.31. The normalized spacial score (nSPS) is 14.3. The zero-order valence-electron chi connectivity index (χ0n) is 14.6. The van der Waals surface area contributed by atoms with Gasteiger partial charge in [-0.2, -0.15) is 0 Å². The fourth-order valence-electron chi connectivity index (χ4n) is 3.63. The van der Waals surface area contributed by atoms with Gasteiger partial charge in [0.1, 0.15) is 0 Å². The van der Waals surface area contributed by atoms with Crippen molar-refractivity contribution in [3.05, 3.63) is 66.6 Å².